The molecule has 0 saturated carbocycles. The van der Waals surface area contributed by atoms with E-state index in [1.165, 1.54) is 11.8 Å². The number of ketones is 1. The lowest BCUT2D eigenvalue weighted by molar-refractivity contribution is 0.103. The van der Waals surface area contributed by atoms with Crippen LogP contribution in [0.5, 0.6) is 0 Å². The lowest BCUT2D eigenvalue weighted by atomic mass is 10.0. The van der Waals surface area contributed by atoms with Crippen molar-refractivity contribution in [2.75, 3.05) is 6.26 Å². The number of thioether (sulfide) groups is 1. The first-order valence-electron chi connectivity index (χ1n) is 5.53. The van der Waals surface area contributed by atoms with Crippen LogP contribution in [-0.4, -0.2) is 17.0 Å². The molecular formula is C14H8BrClN2OS. The number of rotatable bonds is 3. The van der Waals surface area contributed by atoms with E-state index in [1.807, 2.05) is 18.4 Å². The first-order chi connectivity index (χ1) is 9.60. The minimum Gasteiger partial charge on any atom is -0.288 e. The third-order valence-electron chi connectivity index (χ3n) is 2.62. The molecule has 0 N–H and O–H groups in total. The van der Waals surface area contributed by atoms with Crippen molar-refractivity contribution in [3.63, 3.8) is 0 Å². The molecule has 0 spiro atoms. The van der Waals surface area contributed by atoms with Crippen LogP contribution in [0.4, 0.5) is 0 Å². The number of hydrogen-bond donors (Lipinski definition) is 0. The Morgan fingerprint density at radius 2 is 2.05 bits per heavy atom. The summed E-state index contributed by atoms with van der Waals surface area (Å²) >= 11 is 10.7. The minimum atomic E-state index is -0.211. The molecule has 0 radical (unpaired) electrons. The van der Waals surface area contributed by atoms with Gasteiger partial charge in [0.15, 0.2) is 11.5 Å². The molecule has 0 aliphatic rings. The molecule has 1 aromatic carbocycles. The van der Waals surface area contributed by atoms with E-state index in [-0.39, 0.29) is 16.6 Å². The highest BCUT2D eigenvalue weighted by Gasteiger charge is 2.23. The fourth-order valence-electron chi connectivity index (χ4n) is 1.71. The van der Waals surface area contributed by atoms with Crippen molar-refractivity contribution in [3.05, 3.63) is 56.8 Å². The predicted molar refractivity (Wildman–Crippen MR) is 83.3 cm³/mol. The average Bonchev–Trinajstić information content (AvgIpc) is 2.48. The van der Waals surface area contributed by atoms with Crippen molar-refractivity contribution < 1.29 is 4.79 Å². The quantitative estimate of drug-likeness (QED) is 0.460. The van der Waals surface area contributed by atoms with Crippen LogP contribution in [0, 0.1) is 11.3 Å². The molecule has 0 saturated heterocycles. The number of nitriles is 1. The van der Waals surface area contributed by atoms with E-state index in [2.05, 4.69) is 20.9 Å². The molecule has 1 aromatic heterocycles. The van der Waals surface area contributed by atoms with E-state index >= 15 is 0 Å². The molecule has 0 fully saturated rings. The highest BCUT2D eigenvalue weighted by Crippen LogP contribution is 2.36. The van der Waals surface area contributed by atoms with Gasteiger partial charge in [0.25, 0.3) is 0 Å². The molecule has 20 heavy (non-hydrogen) atoms. The summed E-state index contributed by atoms with van der Waals surface area (Å²) < 4.78 is 0.496. The number of pyridine rings is 1. The van der Waals surface area contributed by atoms with Crippen LogP contribution in [0.15, 0.2) is 39.7 Å². The maximum Gasteiger partial charge on any atom is 0.197 e. The Morgan fingerprint density at radius 1 is 1.40 bits per heavy atom. The Labute approximate surface area is 134 Å². The Bertz CT molecular complexity index is 713. The van der Waals surface area contributed by atoms with Crippen LogP contribution in [0.1, 0.15) is 21.6 Å². The molecular weight excluding hydrogens is 360 g/mol. The second kappa shape index (κ2) is 6.40. The van der Waals surface area contributed by atoms with E-state index in [1.54, 1.807) is 24.3 Å². The number of aromatic nitrogens is 1. The summed E-state index contributed by atoms with van der Waals surface area (Å²) in [6.45, 7) is 0. The van der Waals surface area contributed by atoms with E-state index < -0.39 is 0 Å². The zero-order chi connectivity index (χ0) is 14.7. The monoisotopic (exact) mass is 366 g/mol. The molecule has 0 atom stereocenters. The van der Waals surface area contributed by atoms with E-state index in [4.69, 9.17) is 16.9 Å². The Morgan fingerprint density at radius 3 is 2.60 bits per heavy atom. The van der Waals surface area contributed by atoms with Gasteiger partial charge in [-0.25, -0.2) is 4.98 Å². The first-order valence-corrected chi connectivity index (χ1v) is 7.92. The summed E-state index contributed by atoms with van der Waals surface area (Å²) in [7, 11) is 0. The van der Waals surface area contributed by atoms with E-state index in [9.17, 15) is 4.79 Å². The molecule has 0 amide bonds. The summed E-state index contributed by atoms with van der Waals surface area (Å²) in [4.78, 5) is 17.1. The summed E-state index contributed by atoms with van der Waals surface area (Å²) in [5.74, 6) is -0.211. The highest BCUT2D eigenvalue weighted by atomic mass is 79.9. The molecule has 0 aliphatic heterocycles. The van der Waals surface area contributed by atoms with Crippen LogP contribution in [0.25, 0.3) is 0 Å². The summed E-state index contributed by atoms with van der Waals surface area (Å²) in [5, 5.41) is 9.06. The van der Waals surface area contributed by atoms with Gasteiger partial charge < -0.3 is 0 Å². The van der Waals surface area contributed by atoms with Gasteiger partial charge in [0.1, 0.15) is 11.2 Å². The summed E-state index contributed by atoms with van der Waals surface area (Å²) in [6, 6.07) is 10.8. The highest BCUT2D eigenvalue weighted by molar-refractivity contribution is 9.10. The molecule has 2 rings (SSSR count). The van der Waals surface area contributed by atoms with Crippen LogP contribution >= 0.6 is 39.3 Å². The van der Waals surface area contributed by atoms with Gasteiger partial charge in [0.05, 0.1) is 10.0 Å². The van der Waals surface area contributed by atoms with Crippen molar-refractivity contribution in [1.29, 1.82) is 5.26 Å². The fourth-order valence-corrected chi connectivity index (χ4v) is 3.56. The lowest BCUT2D eigenvalue weighted by Gasteiger charge is -2.11. The second-order valence-corrected chi connectivity index (χ2v) is 5.75. The van der Waals surface area contributed by atoms with Crippen molar-refractivity contribution in [1.82, 2.24) is 4.98 Å². The Hall–Kier alpha value is -1.35. The molecule has 6 heteroatoms. The van der Waals surface area contributed by atoms with Crippen molar-refractivity contribution in [2.24, 2.45) is 0 Å². The van der Waals surface area contributed by atoms with E-state index in [0.717, 1.165) is 0 Å². The van der Waals surface area contributed by atoms with Gasteiger partial charge in [-0.15, -0.1) is 11.8 Å². The molecule has 3 nitrogen and oxygen atoms in total. The van der Waals surface area contributed by atoms with Crippen molar-refractivity contribution in [3.8, 4) is 6.07 Å². The van der Waals surface area contributed by atoms with Gasteiger partial charge in [-0.2, -0.15) is 5.26 Å². The number of nitrogens with zero attached hydrogens (tertiary/aromatic N) is 2. The van der Waals surface area contributed by atoms with Crippen LogP contribution in [0.2, 0.25) is 5.15 Å². The van der Waals surface area contributed by atoms with Crippen LogP contribution in [0.3, 0.4) is 0 Å². The predicted octanol–water partition coefficient (Wildman–Crippen LogP) is 4.32. The molecule has 100 valence electrons. The number of benzene rings is 1. The zero-order valence-corrected chi connectivity index (χ0v) is 13.5. The Kier molecular flexibility index (Phi) is 4.81. The third-order valence-corrected chi connectivity index (χ3v) is 4.75. The fraction of sp³-hybridized carbons (Fsp3) is 0.0714. The zero-order valence-electron chi connectivity index (χ0n) is 10.4. The minimum absolute atomic E-state index is 0.0444. The van der Waals surface area contributed by atoms with Gasteiger partial charge in [-0.3, -0.25) is 4.79 Å². The standard InChI is InChI=1S/C14H8BrClN2OS/c1-20-13-10(12(19)8-5-3-2-4-6-8)14(16)18-9(7-17)11(13)15/h2-6H,1H3. The van der Waals surface area contributed by atoms with Crippen LogP contribution < -0.4 is 0 Å². The normalized spacial score (nSPS) is 10.1. The maximum absolute atomic E-state index is 12.6. The largest absolute Gasteiger partial charge is 0.288 e. The molecule has 1 heterocycles. The average molecular weight is 368 g/mol. The lowest BCUT2D eigenvalue weighted by Crippen LogP contribution is -2.07. The molecule has 0 bridgehead atoms. The molecule has 0 unspecified atom stereocenters. The third kappa shape index (κ3) is 2.73. The van der Waals surface area contributed by atoms with Crippen molar-refractivity contribution >= 4 is 45.1 Å². The molecule has 0 aliphatic carbocycles. The smallest absolute Gasteiger partial charge is 0.197 e. The van der Waals surface area contributed by atoms with Crippen LogP contribution in [-0.2, 0) is 0 Å². The van der Waals surface area contributed by atoms with Gasteiger partial charge in [-0.1, -0.05) is 41.9 Å². The number of hydrogen-bond acceptors (Lipinski definition) is 4. The number of carbonyl (C=O) groups excluding carboxylic acids is 1. The summed E-state index contributed by atoms with van der Waals surface area (Å²) in [6.07, 6.45) is 1.82. The SMILES string of the molecule is CSc1c(Br)c(C#N)nc(Cl)c1C(=O)c1ccccc1. The van der Waals surface area contributed by atoms with Gasteiger partial charge in [0, 0.05) is 10.5 Å². The number of halogens is 2. The number of carbonyl (C=O) groups is 1. The Balaban J connectivity index is 2.66. The van der Waals surface area contributed by atoms with E-state index in [0.29, 0.717) is 20.5 Å². The second-order valence-electron chi connectivity index (χ2n) is 3.78. The van der Waals surface area contributed by atoms with Gasteiger partial charge in [0.2, 0.25) is 0 Å². The van der Waals surface area contributed by atoms with Gasteiger partial charge in [-0.05, 0) is 22.2 Å². The van der Waals surface area contributed by atoms with Crippen molar-refractivity contribution in [2.45, 2.75) is 4.90 Å². The summed E-state index contributed by atoms with van der Waals surface area (Å²) in [5.41, 5.74) is 1.02. The van der Waals surface area contributed by atoms with Gasteiger partial charge >= 0.3 is 0 Å². The topological polar surface area (TPSA) is 53.8 Å². The molecule has 2 aromatic rings. The first kappa shape index (κ1) is 15.0. The maximum atomic E-state index is 12.6.